The Labute approximate surface area is 71.7 Å². The number of hydrogen-bond acceptors (Lipinski definition) is 0. The molecule has 1 rings (SSSR count). The molecule has 7 heavy (non-hydrogen) atoms. The molecule has 1 saturated carbocycles. The van der Waals surface area contributed by atoms with Crippen molar-refractivity contribution in [3.8, 4) is 0 Å². The van der Waals surface area contributed by atoms with E-state index < -0.39 is 0 Å². The van der Waals surface area contributed by atoms with Crippen LogP contribution >= 0.6 is 45.2 Å². The summed E-state index contributed by atoms with van der Waals surface area (Å²) in [5.41, 5.74) is 0. The van der Waals surface area contributed by atoms with Crippen molar-refractivity contribution in [1.82, 2.24) is 0 Å². The Balaban J connectivity index is 2.33. The first kappa shape index (κ1) is 6.58. The molecule has 0 aromatic heterocycles. The highest BCUT2D eigenvalue weighted by Crippen LogP contribution is 2.31. The van der Waals surface area contributed by atoms with Crippen molar-refractivity contribution < 1.29 is 0 Å². The molecule has 0 bridgehead atoms. The van der Waals surface area contributed by atoms with Crippen molar-refractivity contribution >= 4 is 45.2 Å². The summed E-state index contributed by atoms with van der Waals surface area (Å²) in [7, 11) is 0. The molecular formula is C5H8I2. The van der Waals surface area contributed by atoms with Crippen LogP contribution in [0.2, 0.25) is 0 Å². The van der Waals surface area contributed by atoms with E-state index in [0.717, 1.165) is 7.85 Å². The average Bonchev–Trinajstić information content (AvgIpc) is 1.91. The Bertz CT molecular complexity index is 55.1. The van der Waals surface area contributed by atoms with E-state index in [-0.39, 0.29) is 0 Å². The summed E-state index contributed by atoms with van der Waals surface area (Å²) in [4.78, 5) is 0. The van der Waals surface area contributed by atoms with Gasteiger partial charge in [0.25, 0.3) is 0 Å². The lowest BCUT2D eigenvalue weighted by molar-refractivity contribution is 0.897. The number of rotatable bonds is 0. The van der Waals surface area contributed by atoms with Gasteiger partial charge in [-0.2, -0.15) is 0 Å². The van der Waals surface area contributed by atoms with Crippen molar-refractivity contribution in [2.24, 2.45) is 0 Å². The van der Waals surface area contributed by atoms with Gasteiger partial charge < -0.3 is 0 Å². The van der Waals surface area contributed by atoms with E-state index in [1.807, 2.05) is 0 Å². The van der Waals surface area contributed by atoms with E-state index in [4.69, 9.17) is 0 Å². The summed E-state index contributed by atoms with van der Waals surface area (Å²) in [5, 5.41) is 0. The Hall–Kier alpha value is 1.46. The number of alkyl halides is 2. The van der Waals surface area contributed by atoms with Gasteiger partial charge in [0.1, 0.15) is 0 Å². The molecule has 0 aromatic rings. The summed E-state index contributed by atoms with van der Waals surface area (Å²) in [5.74, 6) is 0. The second-order valence-electron chi connectivity index (χ2n) is 1.96. The second kappa shape index (κ2) is 2.85. The van der Waals surface area contributed by atoms with Crippen LogP contribution in [0.5, 0.6) is 0 Å². The maximum absolute atomic E-state index is 2.55. The molecule has 0 spiro atoms. The lowest BCUT2D eigenvalue weighted by Crippen LogP contribution is -2.01. The van der Waals surface area contributed by atoms with Gasteiger partial charge in [0.2, 0.25) is 0 Å². The van der Waals surface area contributed by atoms with Crippen molar-refractivity contribution in [3.05, 3.63) is 0 Å². The second-order valence-corrected chi connectivity index (χ2v) is 5.16. The minimum atomic E-state index is 0.971. The van der Waals surface area contributed by atoms with Crippen molar-refractivity contribution in [2.75, 3.05) is 0 Å². The Kier molecular flexibility index (Phi) is 2.67. The summed E-state index contributed by atoms with van der Waals surface area (Å²) in [6, 6.07) is 0. The summed E-state index contributed by atoms with van der Waals surface area (Å²) >= 11 is 5.10. The first-order valence-corrected chi connectivity index (χ1v) is 5.08. The third kappa shape index (κ3) is 1.69. The normalized spacial score (nSPS) is 42.0. The third-order valence-electron chi connectivity index (χ3n) is 1.35. The van der Waals surface area contributed by atoms with Crippen molar-refractivity contribution in [1.29, 1.82) is 0 Å². The molecule has 2 heteroatoms. The Morgan fingerprint density at radius 1 is 1.00 bits per heavy atom. The van der Waals surface area contributed by atoms with Crippen molar-refractivity contribution in [3.63, 3.8) is 0 Å². The van der Waals surface area contributed by atoms with E-state index in [1.54, 1.807) is 0 Å². The molecule has 0 aliphatic heterocycles. The molecule has 0 saturated heterocycles. The molecule has 2 atom stereocenters. The Morgan fingerprint density at radius 2 is 1.43 bits per heavy atom. The minimum absolute atomic E-state index is 0.971. The smallest absolute Gasteiger partial charge is 0.0227 e. The molecule has 0 heterocycles. The van der Waals surface area contributed by atoms with Gasteiger partial charge in [-0.25, -0.2) is 0 Å². The quantitative estimate of drug-likeness (QED) is 0.475. The molecule has 1 unspecified atom stereocenters. The first-order valence-electron chi connectivity index (χ1n) is 2.59. The van der Waals surface area contributed by atoms with E-state index in [2.05, 4.69) is 45.2 Å². The van der Waals surface area contributed by atoms with Crippen LogP contribution in [0.1, 0.15) is 19.3 Å². The number of halogens is 2. The molecule has 0 N–H and O–H groups in total. The van der Waals surface area contributed by atoms with E-state index in [0.29, 0.717) is 0 Å². The molecule has 0 radical (unpaired) electrons. The average molecular weight is 322 g/mol. The lowest BCUT2D eigenvalue weighted by atomic mass is 10.4. The van der Waals surface area contributed by atoms with E-state index >= 15 is 0 Å². The monoisotopic (exact) mass is 322 g/mol. The highest BCUT2D eigenvalue weighted by molar-refractivity contribution is 14.1. The highest BCUT2D eigenvalue weighted by Gasteiger charge is 2.20. The van der Waals surface area contributed by atoms with Gasteiger partial charge in [0.05, 0.1) is 0 Å². The van der Waals surface area contributed by atoms with Crippen LogP contribution in [0.3, 0.4) is 0 Å². The predicted molar refractivity (Wildman–Crippen MR) is 49.5 cm³/mol. The lowest BCUT2D eigenvalue weighted by Gasteiger charge is -2.00. The maximum atomic E-state index is 2.55. The van der Waals surface area contributed by atoms with Gasteiger partial charge in [-0.15, -0.1) is 0 Å². The van der Waals surface area contributed by atoms with Crippen LogP contribution in [-0.2, 0) is 0 Å². The zero-order valence-corrected chi connectivity index (χ0v) is 8.35. The Morgan fingerprint density at radius 3 is 1.57 bits per heavy atom. The largest absolute Gasteiger partial charge is 0.0815 e. The van der Waals surface area contributed by atoms with Crippen LogP contribution in [-0.4, -0.2) is 7.85 Å². The fourth-order valence-electron chi connectivity index (χ4n) is 0.870. The van der Waals surface area contributed by atoms with Gasteiger partial charge in [-0.05, 0) is 12.8 Å². The zero-order valence-electron chi connectivity index (χ0n) is 4.03. The minimum Gasteiger partial charge on any atom is -0.0815 e. The van der Waals surface area contributed by atoms with Crippen LogP contribution in [0, 0.1) is 0 Å². The van der Waals surface area contributed by atoms with Gasteiger partial charge in [0.15, 0.2) is 0 Å². The summed E-state index contributed by atoms with van der Waals surface area (Å²) in [6.45, 7) is 0. The maximum Gasteiger partial charge on any atom is 0.0227 e. The molecule has 42 valence electrons. The van der Waals surface area contributed by atoms with Crippen LogP contribution in [0.25, 0.3) is 0 Å². The SMILES string of the molecule is IC1CCC[C@@H]1I. The van der Waals surface area contributed by atoms with Gasteiger partial charge in [0, 0.05) is 7.85 Å². The molecule has 1 aliphatic rings. The zero-order chi connectivity index (χ0) is 5.28. The van der Waals surface area contributed by atoms with Crippen LogP contribution < -0.4 is 0 Å². The molecule has 1 fully saturated rings. The number of hydrogen-bond donors (Lipinski definition) is 0. The van der Waals surface area contributed by atoms with E-state index in [9.17, 15) is 0 Å². The van der Waals surface area contributed by atoms with Crippen LogP contribution in [0.15, 0.2) is 0 Å². The van der Waals surface area contributed by atoms with Gasteiger partial charge >= 0.3 is 0 Å². The predicted octanol–water partition coefficient (Wildman–Crippen LogP) is 2.78. The molecule has 1 aliphatic carbocycles. The fourth-order valence-corrected chi connectivity index (χ4v) is 2.47. The fraction of sp³-hybridized carbons (Fsp3) is 1.00. The summed E-state index contributed by atoms with van der Waals surface area (Å²) < 4.78 is 1.94. The molecule has 0 nitrogen and oxygen atoms in total. The summed E-state index contributed by atoms with van der Waals surface area (Å²) in [6.07, 6.45) is 4.36. The molecule has 0 aromatic carbocycles. The third-order valence-corrected chi connectivity index (χ3v) is 5.71. The van der Waals surface area contributed by atoms with Crippen molar-refractivity contribution in [2.45, 2.75) is 27.1 Å². The standard InChI is InChI=1S/C5H8I2/c6-4-2-1-3-5(4)7/h4-5H,1-3H2/t4-,5?/m0/s1. The highest BCUT2D eigenvalue weighted by atomic mass is 127. The van der Waals surface area contributed by atoms with Gasteiger partial charge in [-0.3, -0.25) is 0 Å². The topological polar surface area (TPSA) is 0 Å². The molecule has 0 amide bonds. The first-order chi connectivity index (χ1) is 3.30. The van der Waals surface area contributed by atoms with Gasteiger partial charge in [-0.1, -0.05) is 51.6 Å². The molecular weight excluding hydrogens is 314 g/mol. The van der Waals surface area contributed by atoms with Crippen LogP contribution in [0.4, 0.5) is 0 Å². The van der Waals surface area contributed by atoms with E-state index in [1.165, 1.54) is 19.3 Å².